The zero-order valence-corrected chi connectivity index (χ0v) is 14.2. The van der Waals surface area contributed by atoms with Crippen molar-refractivity contribution < 1.29 is 9.47 Å². The molecule has 0 saturated carbocycles. The van der Waals surface area contributed by atoms with Crippen molar-refractivity contribution in [1.29, 1.82) is 0 Å². The Hall–Kier alpha value is -1.98. The van der Waals surface area contributed by atoms with E-state index in [1.54, 1.807) is 0 Å². The van der Waals surface area contributed by atoms with E-state index in [1.807, 2.05) is 49.4 Å². The monoisotopic (exact) mass is 348 g/mol. The van der Waals surface area contributed by atoms with Gasteiger partial charge in [-0.15, -0.1) is 0 Å². The number of thiocarbonyl (C=S) groups is 1. The molecule has 2 aromatic rings. The second kappa shape index (κ2) is 7.06. The molecule has 4 nitrogen and oxygen atoms in total. The maximum atomic E-state index is 6.10. The number of hydrogen-bond donors (Lipinski definition) is 2. The van der Waals surface area contributed by atoms with Crippen LogP contribution in [0.15, 0.2) is 42.5 Å². The van der Waals surface area contributed by atoms with Crippen molar-refractivity contribution in [2.75, 3.05) is 18.5 Å². The standard InChI is InChI=1S/C17H17ClN2O2S/c1-11-6-7-12(8-14(11)18)20-17(23)19-9-13-10-21-15-4-2-3-5-16(15)22-13/h2-8,13H,9-10H2,1H3,(H2,19,20,23)/t13-/m1/s1. The normalized spacial score (nSPS) is 15.8. The molecule has 0 bridgehead atoms. The fourth-order valence-corrected chi connectivity index (χ4v) is 2.60. The second-order valence-electron chi connectivity index (χ2n) is 5.30. The maximum absolute atomic E-state index is 6.10. The van der Waals surface area contributed by atoms with E-state index >= 15 is 0 Å². The number of fused-ring (bicyclic) bond motifs is 1. The fraction of sp³-hybridized carbons (Fsp3) is 0.235. The first kappa shape index (κ1) is 15.9. The molecule has 2 aromatic carbocycles. The summed E-state index contributed by atoms with van der Waals surface area (Å²) >= 11 is 11.4. The fourth-order valence-electron chi connectivity index (χ4n) is 2.22. The van der Waals surface area contributed by atoms with E-state index in [1.165, 1.54) is 0 Å². The molecule has 0 aromatic heterocycles. The van der Waals surface area contributed by atoms with Crippen LogP contribution in [0.2, 0.25) is 5.02 Å². The maximum Gasteiger partial charge on any atom is 0.170 e. The van der Waals surface area contributed by atoms with Gasteiger partial charge in [-0.1, -0.05) is 29.8 Å². The Morgan fingerprint density at radius 2 is 2.04 bits per heavy atom. The Bertz CT molecular complexity index is 723. The lowest BCUT2D eigenvalue weighted by atomic mass is 10.2. The summed E-state index contributed by atoms with van der Waals surface area (Å²) in [6.45, 7) is 3.00. The van der Waals surface area contributed by atoms with Gasteiger partial charge in [-0.2, -0.15) is 0 Å². The average Bonchev–Trinajstić information content (AvgIpc) is 2.56. The number of rotatable bonds is 3. The van der Waals surface area contributed by atoms with E-state index in [0.717, 1.165) is 22.7 Å². The number of anilines is 1. The molecule has 1 aliphatic heterocycles. The lowest BCUT2D eigenvalue weighted by molar-refractivity contribution is 0.0939. The van der Waals surface area contributed by atoms with Gasteiger partial charge in [0.05, 0.1) is 6.54 Å². The van der Waals surface area contributed by atoms with Crippen LogP contribution in [0.5, 0.6) is 11.5 Å². The first-order valence-corrected chi connectivity index (χ1v) is 8.10. The summed E-state index contributed by atoms with van der Waals surface area (Å²) < 4.78 is 11.5. The summed E-state index contributed by atoms with van der Waals surface area (Å²) in [7, 11) is 0. The van der Waals surface area contributed by atoms with E-state index in [-0.39, 0.29) is 6.10 Å². The Kier molecular flexibility index (Phi) is 4.88. The molecule has 1 heterocycles. The van der Waals surface area contributed by atoms with E-state index in [2.05, 4.69) is 10.6 Å². The molecule has 1 aliphatic rings. The number of benzene rings is 2. The van der Waals surface area contributed by atoms with Gasteiger partial charge in [0, 0.05) is 10.7 Å². The van der Waals surface area contributed by atoms with Gasteiger partial charge in [-0.25, -0.2) is 0 Å². The van der Waals surface area contributed by atoms with E-state index in [0.29, 0.717) is 23.3 Å². The number of aryl methyl sites for hydroxylation is 1. The third kappa shape index (κ3) is 4.06. The van der Waals surface area contributed by atoms with Crippen molar-refractivity contribution in [3.05, 3.63) is 53.1 Å². The first-order valence-electron chi connectivity index (χ1n) is 7.31. The number of hydrogen-bond acceptors (Lipinski definition) is 3. The highest BCUT2D eigenvalue weighted by Crippen LogP contribution is 2.30. The molecule has 0 unspecified atom stereocenters. The summed E-state index contributed by atoms with van der Waals surface area (Å²) in [5, 5.41) is 7.47. The van der Waals surface area contributed by atoms with E-state index in [9.17, 15) is 0 Å². The minimum Gasteiger partial charge on any atom is -0.486 e. The minimum atomic E-state index is -0.0914. The highest BCUT2D eigenvalue weighted by molar-refractivity contribution is 7.80. The van der Waals surface area contributed by atoms with Crippen LogP contribution in [0, 0.1) is 6.92 Å². The molecular weight excluding hydrogens is 332 g/mol. The predicted molar refractivity (Wildman–Crippen MR) is 96.8 cm³/mol. The Balaban J connectivity index is 1.51. The van der Waals surface area contributed by atoms with E-state index in [4.69, 9.17) is 33.3 Å². The second-order valence-corrected chi connectivity index (χ2v) is 6.11. The Morgan fingerprint density at radius 3 is 2.83 bits per heavy atom. The predicted octanol–water partition coefficient (Wildman–Crippen LogP) is 3.77. The molecule has 3 rings (SSSR count). The quantitative estimate of drug-likeness (QED) is 0.826. The molecule has 0 saturated heterocycles. The highest BCUT2D eigenvalue weighted by atomic mass is 35.5. The molecule has 0 amide bonds. The molecule has 1 atom stereocenters. The third-order valence-corrected chi connectivity index (χ3v) is 4.14. The molecular formula is C17H17ClN2O2S. The van der Waals surface area contributed by atoms with Gasteiger partial charge in [0.25, 0.3) is 0 Å². The smallest absolute Gasteiger partial charge is 0.170 e. The molecule has 120 valence electrons. The van der Waals surface area contributed by atoms with Gasteiger partial charge >= 0.3 is 0 Å². The lowest BCUT2D eigenvalue weighted by Gasteiger charge is -2.27. The van der Waals surface area contributed by atoms with Crippen LogP contribution in [-0.2, 0) is 0 Å². The summed E-state index contributed by atoms with van der Waals surface area (Å²) in [6, 6.07) is 13.4. The highest BCUT2D eigenvalue weighted by Gasteiger charge is 2.20. The number of nitrogens with one attached hydrogen (secondary N) is 2. The topological polar surface area (TPSA) is 42.5 Å². The summed E-state index contributed by atoms with van der Waals surface area (Å²) in [5.74, 6) is 1.54. The van der Waals surface area contributed by atoms with Crippen LogP contribution in [0.3, 0.4) is 0 Å². The molecule has 0 aliphatic carbocycles. The van der Waals surface area contributed by atoms with Crippen LogP contribution in [0.1, 0.15) is 5.56 Å². The Morgan fingerprint density at radius 1 is 1.26 bits per heavy atom. The molecule has 23 heavy (non-hydrogen) atoms. The first-order chi connectivity index (χ1) is 11.1. The van der Waals surface area contributed by atoms with Gasteiger partial charge in [0.15, 0.2) is 16.6 Å². The zero-order chi connectivity index (χ0) is 16.2. The van der Waals surface area contributed by atoms with Crippen molar-refractivity contribution in [3.63, 3.8) is 0 Å². The zero-order valence-electron chi connectivity index (χ0n) is 12.6. The van der Waals surface area contributed by atoms with Crippen molar-refractivity contribution >= 4 is 34.6 Å². The SMILES string of the molecule is Cc1ccc(NC(=S)NC[C@@H]2COc3ccccc3O2)cc1Cl. The summed E-state index contributed by atoms with van der Waals surface area (Å²) in [5.41, 5.74) is 1.88. The summed E-state index contributed by atoms with van der Waals surface area (Å²) in [4.78, 5) is 0. The van der Waals surface area contributed by atoms with Gasteiger partial charge in [-0.3, -0.25) is 0 Å². The van der Waals surface area contributed by atoms with Crippen LogP contribution in [0.4, 0.5) is 5.69 Å². The number of halogens is 1. The summed E-state index contributed by atoms with van der Waals surface area (Å²) in [6.07, 6.45) is -0.0914. The van der Waals surface area contributed by atoms with E-state index < -0.39 is 0 Å². The Labute approximate surface area is 145 Å². The van der Waals surface area contributed by atoms with Crippen molar-refractivity contribution in [2.45, 2.75) is 13.0 Å². The number of ether oxygens (including phenoxy) is 2. The number of para-hydroxylation sites is 2. The minimum absolute atomic E-state index is 0.0914. The van der Waals surface area contributed by atoms with Crippen molar-refractivity contribution in [1.82, 2.24) is 5.32 Å². The lowest BCUT2D eigenvalue weighted by Crippen LogP contribution is -2.42. The molecule has 0 radical (unpaired) electrons. The molecule has 0 spiro atoms. The van der Waals surface area contributed by atoms with Crippen LogP contribution in [-0.4, -0.2) is 24.4 Å². The van der Waals surface area contributed by atoms with Crippen LogP contribution >= 0.6 is 23.8 Å². The largest absolute Gasteiger partial charge is 0.486 e. The average molecular weight is 349 g/mol. The van der Waals surface area contributed by atoms with Crippen LogP contribution in [0.25, 0.3) is 0 Å². The van der Waals surface area contributed by atoms with Gasteiger partial charge in [-0.05, 0) is 49.0 Å². The van der Waals surface area contributed by atoms with Gasteiger partial charge in [0.2, 0.25) is 0 Å². The van der Waals surface area contributed by atoms with Crippen molar-refractivity contribution in [3.8, 4) is 11.5 Å². The third-order valence-electron chi connectivity index (χ3n) is 3.49. The molecule has 0 fully saturated rings. The molecule has 6 heteroatoms. The van der Waals surface area contributed by atoms with Crippen molar-refractivity contribution in [2.24, 2.45) is 0 Å². The van der Waals surface area contributed by atoms with Gasteiger partial charge < -0.3 is 20.1 Å². The molecule has 2 N–H and O–H groups in total. The van der Waals surface area contributed by atoms with Gasteiger partial charge in [0.1, 0.15) is 12.7 Å². The van der Waals surface area contributed by atoms with Crippen LogP contribution < -0.4 is 20.1 Å².